The summed E-state index contributed by atoms with van der Waals surface area (Å²) in [6, 6.07) is 15.2. The molecule has 1 atom stereocenters. The summed E-state index contributed by atoms with van der Waals surface area (Å²) in [5.41, 5.74) is 1.27. The average Bonchev–Trinajstić information content (AvgIpc) is 2.47. The topological polar surface area (TPSA) is 30.5 Å². The molecule has 0 heterocycles. The summed E-state index contributed by atoms with van der Waals surface area (Å²) in [6.07, 6.45) is -0.206. The van der Waals surface area contributed by atoms with Gasteiger partial charge in [0.2, 0.25) is 0 Å². The van der Waals surface area contributed by atoms with E-state index >= 15 is 0 Å². The van der Waals surface area contributed by atoms with Gasteiger partial charge in [-0.1, -0.05) is 36.4 Å². The summed E-state index contributed by atoms with van der Waals surface area (Å²) in [5.74, 6) is 0. The highest BCUT2D eigenvalue weighted by Crippen LogP contribution is 2.20. The fourth-order valence-corrected chi connectivity index (χ4v) is 2.13. The van der Waals surface area contributed by atoms with Crippen molar-refractivity contribution in [2.24, 2.45) is 0 Å². The quantitative estimate of drug-likeness (QED) is 0.809. The second-order valence-electron chi connectivity index (χ2n) is 4.64. The molecule has 2 aromatic rings. The highest BCUT2D eigenvalue weighted by atomic mass is 16.7. The molecule has 3 heteroatoms. The predicted molar refractivity (Wildman–Crippen MR) is 78.2 cm³/mol. The highest BCUT2D eigenvalue weighted by molar-refractivity contribution is 5.83. The number of rotatable bonds is 6. The maximum Gasteiger partial charge on any atom is 0.169 e. The van der Waals surface area contributed by atoms with E-state index in [9.17, 15) is 0 Å². The van der Waals surface area contributed by atoms with E-state index in [1.165, 1.54) is 16.3 Å². The van der Waals surface area contributed by atoms with E-state index in [-0.39, 0.29) is 12.3 Å². The molecule has 1 unspecified atom stereocenters. The summed E-state index contributed by atoms with van der Waals surface area (Å²) in [7, 11) is 3.30. The van der Waals surface area contributed by atoms with Crippen molar-refractivity contribution in [3.63, 3.8) is 0 Å². The Balaban J connectivity index is 2.06. The van der Waals surface area contributed by atoms with E-state index in [4.69, 9.17) is 9.47 Å². The van der Waals surface area contributed by atoms with Crippen LogP contribution in [0.25, 0.3) is 10.8 Å². The van der Waals surface area contributed by atoms with Crippen molar-refractivity contribution in [1.29, 1.82) is 0 Å². The lowest BCUT2D eigenvalue weighted by Crippen LogP contribution is -2.31. The number of ether oxygens (including phenoxy) is 2. The number of benzene rings is 2. The second kappa shape index (κ2) is 6.66. The summed E-state index contributed by atoms with van der Waals surface area (Å²) < 4.78 is 10.3. The van der Waals surface area contributed by atoms with Crippen LogP contribution in [0.3, 0.4) is 0 Å². The minimum absolute atomic E-state index is 0.206. The Morgan fingerprint density at radius 2 is 1.68 bits per heavy atom. The van der Waals surface area contributed by atoms with E-state index in [0.717, 1.165) is 0 Å². The lowest BCUT2D eigenvalue weighted by atomic mass is 10.0. The molecule has 102 valence electrons. The predicted octanol–water partition coefficient (Wildman–Crippen LogP) is 3.11. The van der Waals surface area contributed by atoms with Crippen LogP contribution in [0.2, 0.25) is 0 Å². The number of hydrogen-bond acceptors (Lipinski definition) is 3. The van der Waals surface area contributed by atoms with Crippen LogP contribution in [0.1, 0.15) is 18.5 Å². The maximum atomic E-state index is 5.17. The van der Waals surface area contributed by atoms with Gasteiger partial charge in [0.15, 0.2) is 6.29 Å². The molecule has 0 fully saturated rings. The Bertz CT molecular complexity index is 523. The molecule has 1 N–H and O–H groups in total. The Morgan fingerprint density at radius 3 is 2.37 bits per heavy atom. The number of methoxy groups -OCH3 is 2. The van der Waals surface area contributed by atoms with Crippen LogP contribution in [0.4, 0.5) is 0 Å². The Kier molecular flexibility index (Phi) is 4.91. The van der Waals surface area contributed by atoms with Gasteiger partial charge in [-0.05, 0) is 29.3 Å². The third-order valence-corrected chi connectivity index (χ3v) is 3.39. The Morgan fingerprint density at radius 1 is 1.00 bits per heavy atom. The fourth-order valence-electron chi connectivity index (χ4n) is 2.13. The molecule has 0 aromatic heterocycles. The molecule has 2 rings (SSSR count). The molecule has 0 spiro atoms. The van der Waals surface area contributed by atoms with Gasteiger partial charge in [0.1, 0.15) is 0 Å². The normalized spacial score (nSPS) is 13.1. The van der Waals surface area contributed by atoms with Gasteiger partial charge in [-0.25, -0.2) is 0 Å². The largest absolute Gasteiger partial charge is 0.355 e. The van der Waals surface area contributed by atoms with Gasteiger partial charge in [0, 0.05) is 26.8 Å². The first-order valence-corrected chi connectivity index (χ1v) is 6.52. The molecule has 2 aromatic carbocycles. The minimum atomic E-state index is -0.206. The van der Waals surface area contributed by atoms with Crippen LogP contribution in [-0.4, -0.2) is 27.1 Å². The van der Waals surface area contributed by atoms with Crippen molar-refractivity contribution < 1.29 is 9.47 Å². The van der Waals surface area contributed by atoms with Crippen LogP contribution < -0.4 is 5.32 Å². The zero-order valence-electron chi connectivity index (χ0n) is 11.7. The van der Waals surface area contributed by atoms with E-state index in [1.54, 1.807) is 14.2 Å². The molecular weight excluding hydrogens is 238 g/mol. The number of fused-ring (bicyclic) bond motifs is 1. The van der Waals surface area contributed by atoms with Crippen LogP contribution in [0.5, 0.6) is 0 Å². The molecule has 0 aliphatic rings. The lowest BCUT2D eigenvalue weighted by molar-refractivity contribution is -0.0997. The Hall–Kier alpha value is -1.42. The van der Waals surface area contributed by atoms with Gasteiger partial charge >= 0.3 is 0 Å². The van der Waals surface area contributed by atoms with Crippen LogP contribution in [-0.2, 0) is 9.47 Å². The van der Waals surface area contributed by atoms with E-state index in [2.05, 4.69) is 54.7 Å². The molecule has 0 amide bonds. The van der Waals surface area contributed by atoms with Gasteiger partial charge in [0.25, 0.3) is 0 Å². The number of hydrogen-bond donors (Lipinski definition) is 1. The molecule has 0 saturated heterocycles. The first kappa shape index (κ1) is 14.0. The molecule has 0 aliphatic heterocycles. The number of nitrogens with one attached hydrogen (secondary N) is 1. The van der Waals surface area contributed by atoms with Crippen LogP contribution in [0, 0.1) is 0 Å². The van der Waals surface area contributed by atoms with Gasteiger partial charge in [-0.3, -0.25) is 0 Å². The van der Waals surface area contributed by atoms with Crippen molar-refractivity contribution in [3.8, 4) is 0 Å². The van der Waals surface area contributed by atoms with E-state index in [1.807, 2.05) is 0 Å². The van der Waals surface area contributed by atoms with Gasteiger partial charge in [-0.15, -0.1) is 0 Å². The van der Waals surface area contributed by atoms with E-state index in [0.29, 0.717) is 6.54 Å². The summed E-state index contributed by atoms with van der Waals surface area (Å²) in [5, 5.41) is 5.95. The van der Waals surface area contributed by atoms with Gasteiger partial charge in [-0.2, -0.15) is 0 Å². The van der Waals surface area contributed by atoms with Crippen LogP contribution >= 0.6 is 0 Å². The van der Waals surface area contributed by atoms with Gasteiger partial charge < -0.3 is 14.8 Å². The zero-order chi connectivity index (χ0) is 13.7. The SMILES string of the molecule is COC(CNC(C)c1ccc2ccccc2c1)OC. The monoisotopic (exact) mass is 259 g/mol. The fraction of sp³-hybridized carbons (Fsp3) is 0.375. The molecule has 0 bridgehead atoms. The summed E-state index contributed by atoms with van der Waals surface area (Å²) in [4.78, 5) is 0. The second-order valence-corrected chi connectivity index (χ2v) is 4.64. The standard InChI is InChI=1S/C16H21NO2/c1-12(17-11-16(18-2)19-3)14-9-8-13-6-4-5-7-15(13)10-14/h4-10,12,16-17H,11H2,1-3H3. The minimum Gasteiger partial charge on any atom is -0.355 e. The smallest absolute Gasteiger partial charge is 0.169 e. The first-order valence-electron chi connectivity index (χ1n) is 6.52. The molecule has 0 radical (unpaired) electrons. The lowest BCUT2D eigenvalue weighted by Gasteiger charge is -2.19. The van der Waals surface area contributed by atoms with E-state index < -0.39 is 0 Å². The molecule has 0 aliphatic carbocycles. The maximum absolute atomic E-state index is 5.17. The van der Waals surface area contributed by atoms with Crippen molar-refractivity contribution in [2.45, 2.75) is 19.3 Å². The van der Waals surface area contributed by atoms with Crippen molar-refractivity contribution in [1.82, 2.24) is 5.32 Å². The summed E-state index contributed by atoms with van der Waals surface area (Å²) >= 11 is 0. The molecule has 0 saturated carbocycles. The molecule has 3 nitrogen and oxygen atoms in total. The van der Waals surface area contributed by atoms with Gasteiger partial charge in [0.05, 0.1) is 0 Å². The average molecular weight is 259 g/mol. The van der Waals surface area contributed by atoms with Crippen molar-refractivity contribution in [3.05, 3.63) is 48.0 Å². The van der Waals surface area contributed by atoms with Crippen LogP contribution in [0.15, 0.2) is 42.5 Å². The third kappa shape index (κ3) is 3.53. The molecular formula is C16H21NO2. The Labute approximate surface area is 114 Å². The zero-order valence-corrected chi connectivity index (χ0v) is 11.7. The third-order valence-electron chi connectivity index (χ3n) is 3.39. The first-order chi connectivity index (χ1) is 9.24. The highest BCUT2D eigenvalue weighted by Gasteiger charge is 2.09. The van der Waals surface area contributed by atoms with Crippen molar-refractivity contribution >= 4 is 10.8 Å². The van der Waals surface area contributed by atoms with Crippen molar-refractivity contribution in [2.75, 3.05) is 20.8 Å². The molecule has 19 heavy (non-hydrogen) atoms. The summed E-state index contributed by atoms with van der Waals surface area (Å²) in [6.45, 7) is 2.81.